The number of unbranched alkanes of at least 4 members (excludes halogenated alkanes) is 1. The number of urea groups is 1. The highest BCUT2D eigenvalue weighted by atomic mass is 16.4. The molecule has 0 aliphatic carbocycles. The van der Waals surface area contributed by atoms with Gasteiger partial charge in [-0.2, -0.15) is 0 Å². The average molecular weight is 406 g/mol. The molecule has 30 heavy (non-hydrogen) atoms. The van der Waals surface area contributed by atoms with E-state index in [-0.39, 0.29) is 12.5 Å². The van der Waals surface area contributed by atoms with Crippen LogP contribution in [0.15, 0.2) is 54.9 Å². The zero-order chi connectivity index (χ0) is 21.3. The number of hydrogen-bond acceptors (Lipinski definition) is 4. The van der Waals surface area contributed by atoms with Crippen molar-refractivity contribution in [3.05, 3.63) is 70.9 Å². The van der Waals surface area contributed by atoms with Gasteiger partial charge in [-0.1, -0.05) is 24.3 Å². The smallest absolute Gasteiger partial charge is 0.325 e. The van der Waals surface area contributed by atoms with Crippen molar-refractivity contribution in [2.45, 2.75) is 26.2 Å². The molecule has 0 saturated carbocycles. The molecule has 1 aromatic heterocycles. The summed E-state index contributed by atoms with van der Waals surface area (Å²) in [5, 5.41) is 17.0. The Kier molecular flexibility index (Phi) is 7.21. The normalized spacial score (nSPS) is 12.6. The molecule has 3 rings (SSSR count). The Balaban J connectivity index is 1.51. The lowest BCUT2D eigenvalue weighted by Gasteiger charge is -2.14. The number of hydrogen-bond donors (Lipinski definition) is 3. The second-order valence-electron chi connectivity index (χ2n) is 7.12. The van der Waals surface area contributed by atoms with Crippen LogP contribution in [0.4, 0.5) is 10.6 Å². The van der Waals surface area contributed by atoms with Crippen LogP contribution in [0.5, 0.6) is 0 Å². The lowest BCUT2D eigenvalue weighted by molar-refractivity contribution is -0.135. The third-order valence-corrected chi connectivity index (χ3v) is 4.70. The Morgan fingerprint density at radius 1 is 1.13 bits per heavy atom. The van der Waals surface area contributed by atoms with Crippen LogP contribution >= 0.6 is 0 Å². The molecule has 0 bridgehead atoms. The van der Waals surface area contributed by atoms with Gasteiger partial charge >= 0.3 is 12.0 Å². The molecule has 7 nitrogen and oxygen atoms in total. The first-order chi connectivity index (χ1) is 14.5. The lowest BCUT2D eigenvalue weighted by Crippen LogP contribution is -2.36. The number of anilines is 1. The maximum Gasteiger partial charge on any atom is 0.325 e. The highest BCUT2D eigenvalue weighted by Gasteiger charge is 2.12. The number of carboxylic acids is 1. The number of nitrogens with zero attached hydrogens (tertiary/aromatic N) is 2. The average Bonchev–Trinajstić information content (AvgIpc) is 2.90. The number of carbonyl (C=O) groups excluding carboxylic acids is 1. The number of allylic oxidation sites excluding steroid dienone is 1. The third kappa shape index (κ3) is 5.94. The molecule has 7 heteroatoms. The first-order valence-corrected chi connectivity index (χ1v) is 9.96. The molecule has 2 amide bonds. The van der Waals surface area contributed by atoms with Crippen LogP contribution in [-0.2, 0) is 4.79 Å². The summed E-state index contributed by atoms with van der Waals surface area (Å²) in [4.78, 5) is 29.5. The Morgan fingerprint density at radius 2 is 1.93 bits per heavy atom. The molecular formula is C23H26N4O3. The highest BCUT2D eigenvalue weighted by molar-refractivity contribution is 5.84. The molecule has 2 aromatic rings. The van der Waals surface area contributed by atoms with Gasteiger partial charge in [-0.15, -0.1) is 0 Å². The fourth-order valence-electron chi connectivity index (χ4n) is 3.18. The number of pyridine rings is 1. The predicted octanol–water partition coefficient (Wildman–Crippen LogP) is 2.18. The largest absolute Gasteiger partial charge is 0.481 e. The quantitative estimate of drug-likeness (QED) is 0.584. The van der Waals surface area contributed by atoms with E-state index in [9.17, 15) is 9.59 Å². The second kappa shape index (κ2) is 10.2. The van der Waals surface area contributed by atoms with Crippen molar-refractivity contribution in [3.63, 3.8) is 0 Å². The zero-order valence-corrected chi connectivity index (χ0v) is 17.0. The number of nitrogens with one attached hydrogen (secondary N) is 2. The van der Waals surface area contributed by atoms with Crippen molar-refractivity contribution in [1.29, 1.82) is 0 Å². The number of carboxylic acid groups (broad SMARTS) is 1. The van der Waals surface area contributed by atoms with Crippen molar-refractivity contribution in [2.75, 3.05) is 18.4 Å². The summed E-state index contributed by atoms with van der Waals surface area (Å²) in [5.74, 6) is -0.0488. The summed E-state index contributed by atoms with van der Waals surface area (Å²) in [6.45, 7) is 3.35. The maximum absolute atomic E-state index is 12.6. The monoisotopic (exact) mass is 406 g/mol. The number of rotatable bonds is 8. The van der Waals surface area contributed by atoms with Gasteiger partial charge in [0.15, 0.2) is 0 Å². The standard InChI is InChI=1S/C23H26N4O3/c1-17-8-12-25-21(14-17)24-10-4-5-11-26-23(30)27-13-9-18(15-22(28)29)20-7-3-2-6-19(20)16-27/h2-3,6-9,12-14,16H,4-5,10-11,15H2,1H3,(H,24,25)(H,26,30)(H,28,29). The number of aromatic nitrogens is 1. The molecule has 0 spiro atoms. The Labute approximate surface area is 175 Å². The van der Waals surface area contributed by atoms with E-state index in [1.54, 1.807) is 24.7 Å². The van der Waals surface area contributed by atoms with Gasteiger partial charge in [0, 0.05) is 31.7 Å². The summed E-state index contributed by atoms with van der Waals surface area (Å²) in [7, 11) is 0. The number of carbonyl (C=O) groups is 2. The topological polar surface area (TPSA) is 94.6 Å². The Bertz CT molecular complexity index is 1060. The van der Waals surface area contributed by atoms with Crippen molar-refractivity contribution < 1.29 is 14.7 Å². The fourth-order valence-corrected chi connectivity index (χ4v) is 3.18. The predicted molar refractivity (Wildman–Crippen MR) is 117 cm³/mol. The van der Waals surface area contributed by atoms with Gasteiger partial charge in [-0.25, -0.2) is 9.78 Å². The minimum atomic E-state index is -0.906. The Hall–Kier alpha value is -3.61. The maximum atomic E-state index is 12.6. The van der Waals surface area contributed by atoms with Crippen molar-refractivity contribution in [1.82, 2.24) is 15.2 Å². The molecule has 0 radical (unpaired) electrons. The van der Waals surface area contributed by atoms with Crippen LogP contribution in [0, 0.1) is 6.92 Å². The SMILES string of the molecule is Cc1ccnc(NCCCCNC(=O)N2C=CC(CC(=O)O)=c3ccccc3=C2)c1. The van der Waals surface area contributed by atoms with Crippen molar-refractivity contribution >= 4 is 29.6 Å². The van der Waals surface area contributed by atoms with Crippen molar-refractivity contribution in [3.8, 4) is 0 Å². The van der Waals surface area contributed by atoms with Crippen LogP contribution in [0.1, 0.15) is 24.8 Å². The van der Waals surface area contributed by atoms with Gasteiger partial charge in [0.25, 0.3) is 0 Å². The molecule has 156 valence electrons. The first kappa shape index (κ1) is 21.1. The van der Waals surface area contributed by atoms with Gasteiger partial charge < -0.3 is 15.7 Å². The molecule has 3 N–H and O–H groups in total. The van der Waals surface area contributed by atoms with Gasteiger partial charge in [0.1, 0.15) is 5.82 Å². The summed E-state index contributed by atoms with van der Waals surface area (Å²) in [6, 6.07) is 11.2. The Morgan fingerprint density at radius 3 is 2.73 bits per heavy atom. The minimum absolute atomic E-state index is 0.0976. The third-order valence-electron chi connectivity index (χ3n) is 4.70. The van der Waals surface area contributed by atoms with E-state index in [2.05, 4.69) is 15.6 Å². The number of amides is 2. The number of benzene rings is 1. The summed E-state index contributed by atoms with van der Waals surface area (Å²) in [6.07, 6.45) is 8.43. The number of aliphatic carboxylic acids is 1. The van der Waals surface area contributed by atoms with E-state index in [1.165, 1.54) is 4.90 Å². The summed E-state index contributed by atoms with van der Waals surface area (Å²) >= 11 is 0. The lowest BCUT2D eigenvalue weighted by atomic mass is 10.1. The van der Waals surface area contributed by atoms with E-state index in [4.69, 9.17) is 5.11 Å². The fraction of sp³-hybridized carbons (Fsp3) is 0.261. The van der Waals surface area contributed by atoms with E-state index in [1.807, 2.05) is 43.3 Å². The molecule has 2 heterocycles. The first-order valence-electron chi connectivity index (χ1n) is 9.96. The number of fused-ring (bicyclic) bond motifs is 1. The zero-order valence-electron chi connectivity index (χ0n) is 17.0. The van der Waals surface area contributed by atoms with Crippen LogP contribution in [0.2, 0.25) is 0 Å². The molecule has 1 aliphatic rings. The van der Waals surface area contributed by atoms with E-state index in [0.717, 1.165) is 41.2 Å². The van der Waals surface area contributed by atoms with Crippen molar-refractivity contribution in [2.24, 2.45) is 0 Å². The highest BCUT2D eigenvalue weighted by Crippen LogP contribution is 2.07. The molecular weight excluding hydrogens is 380 g/mol. The van der Waals surface area contributed by atoms with E-state index >= 15 is 0 Å². The molecule has 1 aromatic carbocycles. The van der Waals surface area contributed by atoms with Gasteiger partial charge in [0.05, 0.1) is 6.42 Å². The number of aryl methyl sites for hydroxylation is 1. The van der Waals surface area contributed by atoms with Crippen LogP contribution < -0.4 is 21.1 Å². The van der Waals surface area contributed by atoms with Crippen LogP contribution in [-0.4, -0.2) is 40.1 Å². The summed E-state index contributed by atoms with van der Waals surface area (Å²) in [5.41, 5.74) is 1.83. The molecule has 0 saturated heterocycles. The van der Waals surface area contributed by atoms with E-state index in [0.29, 0.717) is 12.1 Å². The van der Waals surface area contributed by atoms with Crippen LogP contribution in [0.3, 0.4) is 0 Å². The van der Waals surface area contributed by atoms with Gasteiger partial charge in [-0.05, 0) is 59.5 Å². The molecule has 1 aliphatic heterocycles. The van der Waals surface area contributed by atoms with Gasteiger partial charge in [-0.3, -0.25) is 9.69 Å². The second-order valence-corrected chi connectivity index (χ2v) is 7.12. The molecule has 0 atom stereocenters. The van der Waals surface area contributed by atoms with E-state index < -0.39 is 5.97 Å². The molecule has 0 unspecified atom stereocenters. The summed E-state index contributed by atoms with van der Waals surface area (Å²) < 4.78 is 0. The minimum Gasteiger partial charge on any atom is -0.481 e. The van der Waals surface area contributed by atoms with Crippen LogP contribution in [0.25, 0.3) is 11.8 Å². The van der Waals surface area contributed by atoms with Gasteiger partial charge in [0.2, 0.25) is 0 Å². The molecule has 0 fully saturated rings.